The number of para-hydroxylation sites is 1. The third-order valence-corrected chi connectivity index (χ3v) is 5.98. The quantitative estimate of drug-likeness (QED) is 0.727. The highest BCUT2D eigenvalue weighted by atomic mass is 32.2. The first kappa shape index (κ1) is 20.4. The van der Waals surface area contributed by atoms with Gasteiger partial charge < -0.3 is 15.2 Å². The van der Waals surface area contributed by atoms with Crippen molar-refractivity contribution in [2.75, 3.05) is 11.9 Å². The molecule has 1 aliphatic rings. The highest BCUT2D eigenvalue weighted by Gasteiger charge is 2.21. The van der Waals surface area contributed by atoms with Crippen LogP contribution in [0.2, 0.25) is 0 Å². The average molecular weight is 402 g/mol. The summed E-state index contributed by atoms with van der Waals surface area (Å²) in [4.78, 5) is 24.7. The number of aromatic nitrogens is 3. The Morgan fingerprint density at radius 2 is 1.93 bits per heavy atom. The lowest BCUT2D eigenvalue weighted by molar-refractivity contribution is -0.123. The first-order valence-corrected chi connectivity index (χ1v) is 10.6. The van der Waals surface area contributed by atoms with Gasteiger partial charge in [-0.15, -0.1) is 10.2 Å². The van der Waals surface area contributed by atoms with E-state index in [0.29, 0.717) is 0 Å². The number of benzene rings is 1. The second kappa shape index (κ2) is 9.23. The van der Waals surface area contributed by atoms with Crippen molar-refractivity contribution in [3.8, 4) is 0 Å². The minimum atomic E-state index is -0.357. The topological polar surface area (TPSA) is 88.9 Å². The van der Waals surface area contributed by atoms with E-state index >= 15 is 0 Å². The molecule has 0 saturated carbocycles. The van der Waals surface area contributed by atoms with Gasteiger partial charge in [0.15, 0.2) is 5.16 Å². The molecular formula is C20H27N5O2S. The Bertz CT molecular complexity index is 844. The number of hydrogen-bond acceptors (Lipinski definition) is 5. The van der Waals surface area contributed by atoms with Crippen molar-refractivity contribution in [2.45, 2.75) is 63.4 Å². The molecule has 0 saturated heterocycles. The molecule has 2 heterocycles. The van der Waals surface area contributed by atoms with Crippen molar-refractivity contribution in [3.63, 3.8) is 0 Å². The van der Waals surface area contributed by atoms with Crippen LogP contribution in [0.3, 0.4) is 0 Å². The molecule has 1 aliphatic heterocycles. The van der Waals surface area contributed by atoms with Crippen LogP contribution >= 0.6 is 11.8 Å². The molecule has 2 aromatic rings. The van der Waals surface area contributed by atoms with Gasteiger partial charge in [0.05, 0.1) is 11.8 Å². The summed E-state index contributed by atoms with van der Waals surface area (Å²) in [5, 5.41) is 14.5. The molecule has 1 aromatic carbocycles. The molecule has 0 radical (unpaired) electrons. The lowest BCUT2D eigenvalue weighted by Crippen LogP contribution is -2.37. The molecule has 150 valence electrons. The number of amides is 2. The molecule has 2 N–H and O–H groups in total. The Morgan fingerprint density at radius 1 is 1.18 bits per heavy atom. The smallest absolute Gasteiger partial charge is 0.243 e. The molecule has 2 amide bonds. The number of fused-ring (bicyclic) bond motifs is 1. The number of nitrogens with zero attached hydrogens (tertiary/aromatic N) is 3. The monoisotopic (exact) mass is 401 g/mol. The summed E-state index contributed by atoms with van der Waals surface area (Å²) < 4.78 is 2.12. The van der Waals surface area contributed by atoms with Gasteiger partial charge in [-0.25, -0.2) is 0 Å². The third-order valence-electron chi connectivity index (χ3n) is 4.90. The Kier molecular flexibility index (Phi) is 6.72. The minimum absolute atomic E-state index is 0.0601. The van der Waals surface area contributed by atoms with Crippen LogP contribution in [0.4, 0.5) is 5.69 Å². The molecule has 1 aromatic heterocycles. The number of carbonyl (C=O) groups excluding carboxylic acids is 2. The van der Waals surface area contributed by atoms with E-state index in [9.17, 15) is 9.59 Å². The number of aryl methyl sites for hydroxylation is 3. The fourth-order valence-electron chi connectivity index (χ4n) is 3.26. The van der Waals surface area contributed by atoms with Gasteiger partial charge in [-0.2, -0.15) is 0 Å². The van der Waals surface area contributed by atoms with Crippen LogP contribution < -0.4 is 10.6 Å². The third kappa shape index (κ3) is 4.92. The van der Waals surface area contributed by atoms with E-state index in [1.54, 1.807) is 0 Å². The van der Waals surface area contributed by atoms with E-state index in [4.69, 9.17) is 0 Å². The van der Waals surface area contributed by atoms with Gasteiger partial charge in [-0.05, 0) is 44.7 Å². The molecule has 0 unspecified atom stereocenters. The Hall–Kier alpha value is -2.35. The average Bonchev–Trinajstić information content (AvgIpc) is 2.89. The second-order valence-corrected chi connectivity index (χ2v) is 8.46. The van der Waals surface area contributed by atoms with Crippen molar-refractivity contribution >= 4 is 29.3 Å². The molecule has 8 heteroatoms. The van der Waals surface area contributed by atoms with E-state index in [2.05, 4.69) is 25.4 Å². The van der Waals surface area contributed by atoms with E-state index in [0.717, 1.165) is 53.6 Å². The predicted molar refractivity (Wildman–Crippen MR) is 110 cm³/mol. The molecule has 0 aliphatic carbocycles. The minimum Gasteiger partial charge on any atom is -0.346 e. The van der Waals surface area contributed by atoms with Crippen LogP contribution in [0.5, 0.6) is 0 Å². The first-order valence-electron chi connectivity index (χ1n) is 9.68. The number of thioether (sulfide) groups is 1. The number of anilines is 1. The van der Waals surface area contributed by atoms with Crippen LogP contribution in [0.1, 0.15) is 43.1 Å². The van der Waals surface area contributed by atoms with Gasteiger partial charge in [0.25, 0.3) is 0 Å². The zero-order valence-electron chi connectivity index (χ0n) is 16.6. The summed E-state index contributed by atoms with van der Waals surface area (Å²) >= 11 is 1.39. The highest BCUT2D eigenvalue weighted by Crippen LogP contribution is 2.25. The van der Waals surface area contributed by atoms with Crippen molar-refractivity contribution in [1.82, 2.24) is 20.1 Å². The number of rotatable bonds is 6. The normalized spacial score (nSPS) is 14.7. The maximum Gasteiger partial charge on any atom is 0.243 e. The molecule has 3 rings (SSSR count). The van der Waals surface area contributed by atoms with Crippen LogP contribution in [-0.2, 0) is 22.6 Å². The molecule has 0 fully saturated rings. The van der Waals surface area contributed by atoms with Gasteiger partial charge in [-0.1, -0.05) is 36.4 Å². The lowest BCUT2D eigenvalue weighted by Gasteiger charge is -2.14. The van der Waals surface area contributed by atoms with E-state index in [-0.39, 0.29) is 23.6 Å². The largest absolute Gasteiger partial charge is 0.346 e. The summed E-state index contributed by atoms with van der Waals surface area (Å²) in [6.45, 7) is 6.55. The van der Waals surface area contributed by atoms with Gasteiger partial charge >= 0.3 is 0 Å². The molecule has 7 nitrogen and oxygen atoms in total. The first-order chi connectivity index (χ1) is 13.5. The standard InChI is InChI=1S/C20H27N5O2S/c1-13-8-7-9-14(2)18(13)22-17(26)12-21-19(27)15(3)28-20-24-23-16-10-5-4-6-11-25(16)20/h7-9,15H,4-6,10-12H2,1-3H3,(H,21,27)(H,22,26)/t15-/m0/s1. The zero-order valence-corrected chi connectivity index (χ0v) is 17.4. The summed E-state index contributed by atoms with van der Waals surface area (Å²) in [7, 11) is 0. The second-order valence-electron chi connectivity index (χ2n) is 7.15. The highest BCUT2D eigenvalue weighted by molar-refractivity contribution is 8.00. The summed E-state index contributed by atoms with van der Waals surface area (Å²) in [6.07, 6.45) is 4.37. The van der Waals surface area contributed by atoms with Crippen LogP contribution in [0, 0.1) is 13.8 Å². The van der Waals surface area contributed by atoms with Crippen molar-refractivity contribution < 1.29 is 9.59 Å². The van der Waals surface area contributed by atoms with Gasteiger partial charge in [0.1, 0.15) is 5.82 Å². The Balaban J connectivity index is 1.52. The molecule has 0 bridgehead atoms. The van der Waals surface area contributed by atoms with Gasteiger partial charge in [0, 0.05) is 18.7 Å². The van der Waals surface area contributed by atoms with Crippen molar-refractivity contribution in [3.05, 3.63) is 35.2 Å². The fourth-order valence-corrected chi connectivity index (χ4v) is 4.18. The summed E-state index contributed by atoms with van der Waals surface area (Å²) in [6, 6.07) is 5.84. The van der Waals surface area contributed by atoms with Crippen LogP contribution in [-0.4, -0.2) is 38.4 Å². The lowest BCUT2D eigenvalue weighted by atomic mass is 10.1. The molecular weight excluding hydrogens is 374 g/mol. The fraction of sp³-hybridized carbons (Fsp3) is 0.500. The summed E-state index contributed by atoms with van der Waals surface area (Å²) in [5.74, 6) is 0.576. The van der Waals surface area contributed by atoms with Crippen LogP contribution in [0.15, 0.2) is 23.4 Å². The molecule has 28 heavy (non-hydrogen) atoms. The number of nitrogens with one attached hydrogen (secondary N) is 2. The predicted octanol–water partition coefficient (Wildman–Crippen LogP) is 2.86. The SMILES string of the molecule is Cc1cccc(C)c1NC(=O)CNC(=O)[C@H](C)Sc1nnc2n1CCCCC2. The Labute approximate surface area is 169 Å². The maximum absolute atomic E-state index is 12.4. The van der Waals surface area contributed by atoms with E-state index < -0.39 is 0 Å². The van der Waals surface area contributed by atoms with Crippen molar-refractivity contribution in [2.24, 2.45) is 0 Å². The summed E-state index contributed by atoms with van der Waals surface area (Å²) in [5.41, 5.74) is 2.79. The van der Waals surface area contributed by atoms with Gasteiger partial charge in [0.2, 0.25) is 11.8 Å². The zero-order chi connectivity index (χ0) is 20.1. The van der Waals surface area contributed by atoms with Crippen LogP contribution in [0.25, 0.3) is 0 Å². The number of hydrogen-bond donors (Lipinski definition) is 2. The van der Waals surface area contributed by atoms with Crippen molar-refractivity contribution in [1.29, 1.82) is 0 Å². The number of carbonyl (C=O) groups is 2. The van der Waals surface area contributed by atoms with E-state index in [1.807, 2.05) is 39.0 Å². The molecule has 1 atom stereocenters. The maximum atomic E-state index is 12.4. The Morgan fingerprint density at radius 3 is 2.68 bits per heavy atom. The molecule has 0 spiro atoms. The van der Waals surface area contributed by atoms with E-state index in [1.165, 1.54) is 18.2 Å². The van der Waals surface area contributed by atoms with Gasteiger partial charge in [-0.3, -0.25) is 9.59 Å².